The summed E-state index contributed by atoms with van der Waals surface area (Å²) in [7, 11) is 0. The van der Waals surface area contributed by atoms with Crippen LogP contribution in [-0.2, 0) is 19.5 Å². The smallest absolute Gasteiger partial charge is 1.00 e. The Bertz CT molecular complexity index is 382. The van der Waals surface area contributed by atoms with Gasteiger partial charge in [0.2, 0.25) is 0 Å². The second-order valence-electron chi connectivity index (χ2n) is 2.80. The van der Waals surface area contributed by atoms with Gasteiger partial charge in [0.05, 0.1) is 0 Å². The van der Waals surface area contributed by atoms with E-state index in [-0.39, 0.29) is 28.9 Å². The van der Waals surface area contributed by atoms with Crippen molar-refractivity contribution in [3.8, 4) is 0 Å². The van der Waals surface area contributed by atoms with Gasteiger partial charge in [-0.2, -0.15) is 0 Å². The number of rotatable bonds is 0. The molecule has 76 valence electrons. The Balaban J connectivity index is 0. The standard InChI is InChI=1S/C11H10.2FH.Ru/c1-9-5-4-7-10-6-2-3-8-11(9)10;;;/h2-8H,1H3;2*1H;/q;;;+2/p-2. The Morgan fingerprint density at radius 1 is 0.786 bits per heavy atom. The Hall–Kier alpha value is -0.817. The number of aryl methyl sites for hydroxylation is 1. The summed E-state index contributed by atoms with van der Waals surface area (Å²) in [6.07, 6.45) is 0. The predicted octanol–water partition coefficient (Wildman–Crippen LogP) is -2.85. The topological polar surface area (TPSA) is 0 Å². The maximum absolute atomic E-state index is 2.16. The first-order valence-corrected chi connectivity index (χ1v) is 3.82. The summed E-state index contributed by atoms with van der Waals surface area (Å²) in [6, 6.07) is 14.8. The van der Waals surface area contributed by atoms with Crippen LogP contribution in [0, 0.1) is 6.92 Å². The second-order valence-corrected chi connectivity index (χ2v) is 2.80. The molecule has 0 atom stereocenters. The summed E-state index contributed by atoms with van der Waals surface area (Å²) in [5, 5.41) is 2.68. The van der Waals surface area contributed by atoms with E-state index in [1.807, 2.05) is 0 Å². The maximum Gasteiger partial charge on any atom is 2.00 e. The number of fused-ring (bicyclic) bond motifs is 1. The monoisotopic (exact) mass is 282 g/mol. The second kappa shape index (κ2) is 6.61. The van der Waals surface area contributed by atoms with Gasteiger partial charge in [-0.1, -0.05) is 42.5 Å². The van der Waals surface area contributed by atoms with Crippen molar-refractivity contribution >= 4 is 10.8 Å². The summed E-state index contributed by atoms with van der Waals surface area (Å²) < 4.78 is 0. The van der Waals surface area contributed by atoms with Gasteiger partial charge in [-0.05, 0) is 23.3 Å². The van der Waals surface area contributed by atoms with Crippen molar-refractivity contribution in [1.29, 1.82) is 0 Å². The first-order chi connectivity index (χ1) is 5.38. The average molecular weight is 281 g/mol. The molecule has 0 unspecified atom stereocenters. The van der Waals surface area contributed by atoms with Gasteiger partial charge in [-0.3, -0.25) is 0 Å². The SMILES string of the molecule is Cc1cccc2ccccc12.[F-].[F-].[Ru+2]. The molecule has 2 aromatic carbocycles. The molecule has 3 heteroatoms. The van der Waals surface area contributed by atoms with Gasteiger partial charge >= 0.3 is 19.5 Å². The van der Waals surface area contributed by atoms with E-state index in [0.29, 0.717) is 0 Å². The Labute approximate surface area is 94.8 Å². The van der Waals surface area contributed by atoms with E-state index in [2.05, 4.69) is 49.4 Å². The zero-order valence-corrected chi connectivity index (χ0v) is 9.39. The van der Waals surface area contributed by atoms with Crippen molar-refractivity contribution in [2.45, 2.75) is 6.92 Å². The van der Waals surface area contributed by atoms with Crippen molar-refractivity contribution in [1.82, 2.24) is 0 Å². The molecule has 0 nitrogen and oxygen atoms in total. The molecule has 0 aliphatic rings. The molecule has 0 aliphatic heterocycles. The van der Waals surface area contributed by atoms with Crippen molar-refractivity contribution in [2.24, 2.45) is 0 Å². The summed E-state index contributed by atoms with van der Waals surface area (Å²) in [5.74, 6) is 0. The van der Waals surface area contributed by atoms with Crippen LogP contribution in [0.25, 0.3) is 10.8 Å². The first kappa shape index (κ1) is 15.6. The molecule has 0 aliphatic carbocycles. The maximum atomic E-state index is 2.16. The molecule has 0 N–H and O–H groups in total. The first-order valence-electron chi connectivity index (χ1n) is 3.82. The molecule has 0 radical (unpaired) electrons. The zero-order chi connectivity index (χ0) is 7.68. The van der Waals surface area contributed by atoms with Gasteiger partial charge in [-0.25, -0.2) is 0 Å². The number of hydrogen-bond acceptors (Lipinski definition) is 0. The van der Waals surface area contributed by atoms with Crippen molar-refractivity contribution in [3.63, 3.8) is 0 Å². The van der Waals surface area contributed by atoms with Gasteiger partial charge in [0.15, 0.2) is 0 Å². The van der Waals surface area contributed by atoms with Crippen LogP contribution >= 0.6 is 0 Å². The van der Waals surface area contributed by atoms with Crippen LogP contribution in [0.2, 0.25) is 0 Å². The minimum atomic E-state index is 0. The van der Waals surface area contributed by atoms with E-state index in [9.17, 15) is 0 Å². The van der Waals surface area contributed by atoms with Gasteiger partial charge in [-0.15, -0.1) is 0 Å². The van der Waals surface area contributed by atoms with Crippen LogP contribution in [0.1, 0.15) is 5.56 Å². The van der Waals surface area contributed by atoms with Crippen LogP contribution < -0.4 is 9.41 Å². The predicted molar refractivity (Wildman–Crippen MR) is 48.7 cm³/mol. The number of halogens is 2. The zero-order valence-electron chi connectivity index (χ0n) is 7.65. The van der Waals surface area contributed by atoms with Crippen LogP contribution in [0.3, 0.4) is 0 Å². The van der Waals surface area contributed by atoms with E-state index >= 15 is 0 Å². The van der Waals surface area contributed by atoms with E-state index < -0.39 is 0 Å². The van der Waals surface area contributed by atoms with E-state index in [1.165, 1.54) is 16.3 Å². The van der Waals surface area contributed by atoms with Crippen LogP contribution in [0.15, 0.2) is 42.5 Å². The summed E-state index contributed by atoms with van der Waals surface area (Å²) >= 11 is 0. The number of benzene rings is 2. The summed E-state index contributed by atoms with van der Waals surface area (Å²) in [4.78, 5) is 0. The summed E-state index contributed by atoms with van der Waals surface area (Å²) in [6.45, 7) is 2.14. The molecule has 0 aromatic heterocycles. The van der Waals surface area contributed by atoms with E-state index in [1.54, 1.807) is 0 Å². The number of hydrogen-bond donors (Lipinski definition) is 0. The summed E-state index contributed by atoms with van der Waals surface area (Å²) in [5.41, 5.74) is 1.35. The molecule has 0 saturated carbocycles. The molecule has 14 heavy (non-hydrogen) atoms. The van der Waals surface area contributed by atoms with Gasteiger partial charge < -0.3 is 9.41 Å². The van der Waals surface area contributed by atoms with Crippen LogP contribution in [0.5, 0.6) is 0 Å². The largest absolute Gasteiger partial charge is 2.00 e. The molecule has 0 spiro atoms. The van der Waals surface area contributed by atoms with Gasteiger partial charge in [0, 0.05) is 0 Å². The van der Waals surface area contributed by atoms with Gasteiger partial charge in [0.25, 0.3) is 0 Å². The Kier molecular flexibility index (Phi) is 7.39. The molecule has 0 heterocycles. The fourth-order valence-corrected chi connectivity index (χ4v) is 1.39. The fourth-order valence-electron chi connectivity index (χ4n) is 1.39. The van der Waals surface area contributed by atoms with Crippen molar-refractivity contribution in [2.75, 3.05) is 0 Å². The third-order valence-electron chi connectivity index (χ3n) is 2.01. The molecule has 0 amide bonds. The van der Waals surface area contributed by atoms with Gasteiger partial charge in [0.1, 0.15) is 0 Å². The van der Waals surface area contributed by atoms with Crippen LogP contribution in [0.4, 0.5) is 0 Å². The Morgan fingerprint density at radius 2 is 1.36 bits per heavy atom. The minimum absolute atomic E-state index is 0. The van der Waals surface area contributed by atoms with E-state index in [0.717, 1.165) is 0 Å². The average Bonchev–Trinajstić information content (AvgIpc) is 2.06. The quantitative estimate of drug-likeness (QED) is 0.456. The normalized spacial score (nSPS) is 8.07. The molecule has 0 saturated heterocycles. The Morgan fingerprint density at radius 3 is 2.00 bits per heavy atom. The minimum Gasteiger partial charge on any atom is -1.00 e. The molecule has 0 bridgehead atoms. The van der Waals surface area contributed by atoms with Crippen molar-refractivity contribution < 1.29 is 28.9 Å². The molecular weight excluding hydrogens is 271 g/mol. The molecule has 2 rings (SSSR count). The van der Waals surface area contributed by atoms with Crippen molar-refractivity contribution in [3.05, 3.63) is 48.0 Å². The molecule has 2 aromatic rings. The van der Waals surface area contributed by atoms with Crippen LogP contribution in [-0.4, -0.2) is 0 Å². The molecular formula is C11H10F2Ru. The fraction of sp³-hybridized carbons (Fsp3) is 0.0909. The third-order valence-corrected chi connectivity index (χ3v) is 2.01. The third kappa shape index (κ3) is 2.85. The van der Waals surface area contributed by atoms with E-state index in [4.69, 9.17) is 0 Å². The molecule has 0 fully saturated rings.